The fraction of sp³-hybridized carbons (Fsp3) is 0.0571. The predicted molar refractivity (Wildman–Crippen MR) is 300 cm³/mol. The molecule has 2 aliphatic carbocycles. The summed E-state index contributed by atoms with van der Waals surface area (Å²) in [5.41, 5.74) is 26.6. The van der Waals surface area contributed by atoms with Crippen LogP contribution in [0.1, 0.15) is 47.2 Å². The summed E-state index contributed by atoms with van der Waals surface area (Å²) in [6.45, 7) is 4.76. The second-order valence-corrected chi connectivity index (χ2v) is 20.3. The van der Waals surface area contributed by atoms with E-state index in [2.05, 4.69) is 278 Å². The van der Waals surface area contributed by atoms with Gasteiger partial charge in [0.05, 0.1) is 33.5 Å². The SMILES string of the molecule is CC1(C)c2ccccc2-c2ccc(N(c3ccccc3-c3cccc(-c4ccccc4)c3)c3ccccc3-c3ccc4c(c3)C3(c5ccccc5-4)c4ccccc4-n4c5ccccc5c5cccc3c54)cc21. The topological polar surface area (TPSA) is 8.17 Å². The van der Waals surface area contributed by atoms with Crippen molar-refractivity contribution in [3.8, 4) is 61.3 Å². The van der Waals surface area contributed by atoms with Gasteiger partial charge in [0.25, 0.3) is 0 Å². The average Bonchev–Trinajstić information content (AvgIpc) is 4.02. The Kier molecular flexibility index (Phi) is 8.66. The monoisotopic (exact) mass is 916 g/mol. The number of fused-ring (bicyclic) bond motifs is 15. The number of hydrogen-bond acceptors (Lipinski definition) is 1. The van der Waals surface area contributed by atoms with E-state index < -0.39 is 5.41 Å². The Hall–Kier alpha value is -8.98. The van der Waals surface area contributed by atoms with E-state index in [0.29, 0.717) is 0 Å². The maximum atomic E-state index is 2.54. The van der Waals surface area contributed by atoms with Gasteiger partial charge in [-0.3, -0.25) is 0 Å². The number of nitrogens with zero attached hydrogens (tertiary/aromatic N) is 2. The van der Waals surface area contributed by atoms with Crippen LogP contribution in [0.2, 0.25) is 0 Å². The summed E-state index contributed by atoms with van der Waals surface area (Å²) in [4.78, 5) is 2.53. The van der Waals surface area contributed by atoms with Crippen LogP contribution < -0.4 is 4.90 Å². The van der Waals surface area contributed by atoms with E-state index in [9.17, 15) is 0 Å². The molecule has 11 aromatic carbocycles. The van der Waals surface area contributed by atoms with E-state index in [1.165, 1.54) is 117 Å². The first-order valence-corrected chi connectivity index (χ1v) is 25.3. The minimum atomic E-state index is -0.562. The van der Waals surface area contributed by atoms with Crippen molar-refractivity contribution in [2.45, 2.75) is 24.7 Å². The molecule has 1 aromatic heterocycles. The van der Waals surface area contributed by atoms with Gasteiger partial charge in [0, 0.05) is 33.0 Å². The van der Waals surface area contributed by atoms with Gasteiger partial charge >= 0.3 is 0 Å². The molecule has 2 heterocycles. The summed E-state index contributed by atoms with van der Waals surface area (Å²) >= 11 is 0. The van der Waals surface area contributed by atoms with Gasteiger partial charge in [-0.2, -0.15) is 0 Å². The molecule has 0 saturated carbocycles. The lowest BCUT2D eigenvalue weighted by atomic mass is 9.65. The Morgan fingerprint density at radius 2 is 0.847 bits per heavy atom. The highest BCUT2D eigenvalue weighted by atomic mass is 15.1. The summed E-state index contributed by atoms with van der Waals surface area (Å²) < 4.78 is 2.53. The van der Waals surface area contributed by atoms with E-state index >= 15 is 0 Å². The van der Waals surface area contributed by atoms with E-state index in [-0.39, 0.29) is 5.41 Å². The van der Waals surface area contributed by atoms with Crippen LogP contribution in [-0.4, -0.2) is 4.57 Å². The summed E-state index contributed by atoms with van der Waals surface area (Å²) in [7, 11) is 0. The zero-order valence-corrected chi connectivity index (χ0v) is 40.1. The fourth-order valence-electron chi connectivity index (χ4n) is 13.3. The first-order valence-electron chi connectivity index (χ1n) is 25.3. The second-order valence-electron chi connectivity index (χ2n) is 20.3. The normalized spacial score (nSPS) is 15.2. The van der Waals surface area contributed by atoms with Crippen LogP contribution in [0.25, 0.3) is 83.1 Å². The molecule has 2 heteroatoms. The zero-order valence-electron chi connectivity index (χ0n) is 40.1. The summed E-state index contributed by atoms with van der Waals surface area (Å²) in [6.07, 6.45) is 0. The Morgan fingerprint density at radius 1 is 0.319 bits per heavy atom. The number of aromatic nitrogens is 1. The lowest BCUT2D eigenvalue weighted by Gasteiger charge is -2.39. The van der Waals surface area contributed by atoms with Crippen molar-refractivity contribution in [3.63, 3.8) is 0 Å². The molecule has 338 valence electrons. The van der Waals surface area contributed by atoms with Crippen molar-refractivity contribution in [3.05, 3.63) is 288 Å². The van der Waals surface area contributed by atoms with Crippen LogP contribution in [0.15, 0.2) is 255 Å². The molecule has 12 aromatic rings. The smallest absolute Gasteiger partial charge is 0.0754 e. The molecule has 0 bridgehead atoms. The van der Waals surface area contributed by atoms with Gasteiger partial charge in [-0.05, 0) is 126 Å². The molecule has 0 N–H and O–H groups in total. The molecule has 1 aliphatic heterocycles. The lowest BCUT2D eigenvalue weighted by molar-refractivity contribution is 0.660. The van der Waals surface area contributed by atoms with Crippen LogP contribution in [0.5, 0.6) is 0 Å². The number of para-hydroxylation sites is 5. The highest BCUT2D eigenvalue weighted by Gasteiger charge is 2.51. The Balaban J connectivity index is 0.980. The van der Waals surface area contributed by atoms with Crippen LogP contribution in [0, 0.1) is 0 Å². The van der Waals surface area contributed by atoms with Crippen molar-refractivity contribution in [1.82, 2.24) is 4.57 Å². The predicted octanol–water partition coefficient (Wildman–Crippen LogP) is 18.2. The van der Waals surface area contributed by atoms with Gasteiger partial charge in [-0.15, -0.1) is 0 Å². The fourth-order valence-corrected chi connectivity index (χ4v) is 13.3. The molecule has 1 atom stereocenters. The van der Waals surface area contributed by atoms with Gasteiger partial charge in [0.1, 0.15) is 0 Å². The standard InChI is InChI=1S/C70H48N2/c1-69(2)58-30-11-6-26-52(58)54-41-39-49(44-62(54)69)71(64-34-14-8-24-50(64)47-23-18-22-46(42-47)45-20-4-3-5-21-45)65-35-15-9-25-51(65)48-38-40-55-53-27-7-12-31-59(53)70(63(55)43-48)60-32-13-17-37-67(60)72-66-36-16-10-28-56(66)57-29-19-33-61(70)68(57)72/h3-44H,1-2H3. The van der Waals surface area contributed by atoms with Crippen molar-refractivity contribution >= 4 is 38.9 Å². The van der Waals surface area contributed by atoms with Crippen molar-refractivity contribution < 1.29 is 0 Å². The van der Waals surface area contributed by atoms with E-state index in [1.807, 2.05) is 0 Å². The Bertz CT molecular complexity index is 4210. The molecule has 2 nitrogen and oxygen atoms in total. The molecule has 0 amide bonds. The van der Waals surface area contributed by atoms with E-state index in [1.54, 1.807) is 0 Å². The first-order chi connectivity index (χ1) is 35.5. The van der Waals surface area contributed by atoms with Crippen LogP contribution >= 0.6 is 0 Å². The third-order valence-corrected chi connectivity index (χ3v) is 16.4. The van der Waals surface area contributed by atoms with Gasteiger partial charge < -0.3 is 9.47 Å². The molecule has 0 radical (unpaired) electrons. The van der Waals surface area contributed by atoms with Crippen molar-refractivity contribution in [2.75, 3.05) is 4.90 Å². The van der Waals surface area contributed by atoms with Gasteiger partial charge in [0.15, 0.2) is 0 Å². The number of anilines is 3. The molecule has 0 saturated heterocycles. The molecule has 1 spiro atoms. The largest absolute Gasteiger partial charge is 0.309 e. The van der Waals surface area contributed by atoms with Crippen LogP contribution in [0.4, 0.5) is 17.1 Å². The third kappa shape index (κ3) is 5.55. The van der Waals surface area contributed by atoms with Gasteiger partial charge in [0.2, 0.25) is 0 Å². The highest BCUT2D eigenvalue weighted by Crippen LogP contribution is 2.62. The summed E-state index contributed by atoms with van der Waals surface area (Å²) in [6, 6.07) is 95.5. The molecular formula is C70H48N2. The summed E-state index contributed by atoms with van der Waals surface area (Å²) in [5, 5.41) is 2.56. The average molecular weight is 917 g/mol. The summed E-state index contributed by atoms with van der Waals surface area (Å²) in [5.74, 6) is 0. The van der Waals surface area contributed by atoms with E-state index in [4.69, 9.17) is 0 Å². The van der Waals surface area contributed by atoms with Gasteiger partial charge in [-0.25, -0.2) is 0 Å². The second kappa shape index (κ2) is 15.3. The Morgan fingerprint density at radius 3 is 1.64 bits per heavy atom. The molecule has 15 rings (SSSR count). The third-order valence-electron chi connectivity index (χ3n) is 16.4. The molecular weight excluding hydrogens is 869 g/mol. The van der Waals surface area contributed by atoms with E-state index in [0.717, 1.165) is 17.1 Å². The highest BCUT2D eigenvalue weighted by molar-refractivity contribution is 6.13. The van der Waals surface area contributed by atoms with Crippen molar-refractivity contribution in [2.24, 2.45) is 0 Å². The zero-order chi connectivity index (χ0) is 47.7. The number of rotatable bonds is 6. The van der Waals surface area contributed by atoms with Crippen LogP contribution in [-0.2, 0) is 10.8 Å². The number of benzene rings is 11. The molecule has 0 fully saturated rings. The quantitative estimate of drug-likeness (QED) is 0.161. The van der Waals surface area contributed by atoms with Crippen molar-refractivity contribution in [1.29, 1.82) is 0 Å². The number of hydrogen-bond donors (Lipinski definition) is 0. The maximum Gasteiger partial charge on any atom is 0.0754 e. The first kappa shape index (κ1) is 40.9. The molecule has 3 aliphatic rings. The molecule has 72 heavy (non-hydrogen) atoms. The van der Waals surface area contributed by atoms with Gasteiger partial charge in [-0.1, -0.05) is 220 Å². The molecule has 1 unspecified atom stereocenters. The van der Waals surface area contributed by atoms with Crippen LogP contribution in [0.3, 0.4) is 0 Å². The minimum Gasteiger partial charge on any atom is -0.309 e. The lowest BCUT2D eigenvalue weighted by Crippen LogP contribution is -2.33. The Labute approximate surface area is 420 Å². The minimum absolute atomic E-state index is 0.176. The maximum absolute atomic E-state index is 2.54.